The summed E-state index contributed by atoms with van der Waals surface area (Å²) in [6, 6.07) is 3.03. The van der Waals surface area contributed by atoms with Crippen molar-refractivity contribution in [2.75, 3.05) is 5.73 Å². The van der Waals surface area contributed by atoms with Crippen LogP contribution >= 0.6 is 0 Å². The van der Waals surface area contributed by atoms with Gasteiger partial charge in [-0.25, -0.2) is 0 Å². The van der Waals surface area contributed by atoms with E-state index in [2.05, 4.69) is 0 Å². The lowest BCUT2D eigenvalue weighted by atomic mass is 10.4. The van der Waals surface area contributed by atoms with E-state index in [0.717, 1.165) is 0 Å². The summed E-state index contributed by atoms with van der Waals surface area (Å²) in [4.78, 5) is 10.7. The van der Waals surface area contributed by atoms with Gasteiger partial charge in [0.25, 0.3) is 0 Å². The Labute approximate surface area is 67.9 Å². The standard InChI is InChI=1S/C6H8N2O.C2H6.H2/c1-8-4-5(7)2-3-6(8)9;1-2;/h2-4H,7H2,1H3;1-2H3;1H. The molecule has 0 fully saturated rings. The Morgan fingerprint density at radius 3 is 2.36 bits per heavy atom. The summed E-state index contributed by atoms with van der Waals surface area (Å²) in [6.07, 6.45) is 1.59. The maximum Gasteiger partial charge on any atom is 0.250 e. The first-order chi connectivity index (χ1) is 5.20. The molecule has 1 rings (SSSR count). The van der Waals surface area contributed by atoms with Crippen LogP contribution in [0.1, 0.15) is 15.3 Å². The van der Waals surface area contributed by atoms with Crippen LogP contribution in [0, 0.1) is 0 Å². The molecular formula is C8H16N2O. The molecule has 0 saturated heterocycles. The SMILES string of the molecule is CC.Cn1cc(N)ccc1=O.[HH]. The lowest BCUT2D eigenvalue weighted by Gasteiger charge is -1.95. The van der Waals surface area contributed by atoms with E-state index in [4.69, 9.17) is 5.73 Å². The topological polar surface area (TPSA) is 48.0 Å². The van der Waals surface area contributed by atoms with Crippen LogP contribution in [0.25, 0.3) is 0 Å². The number of nitrogens with zero attached hydrogens (tertiary/aromatic N) is 1. The van der Waals surface area contributed by atoms with E-state index in [9.17, 15) is 4.79 Å². The quantitative estimate of drug-likeness (QED) is 0.614. The molecule has 0 aliphatic carbocycles. The smallest absolute Gasteiger partial charge is 0.250 e. The first-order valence-electron chi connectivity index (χ1n) is 3.62. The van der Waals surface area contributed by atoms with Crippen LogP contribution in [0.2, 0.25) is 0 Å². The van der Waals surface area contributed by atoms with Crippen molar-refractivity contribution in [3.63, 3.8) is 0 Å². The molecule has 0 unspecified atom stereocenters. The van der Waals surface area contributed by atoms with Crippen LogP contribution in [0.15, 0.2) is 23.1 Å². The second-order valence-corrected chi connectivity index (χ2v) is 1.91. The second kappa shape index (κ2) is 4.55. The number of hydrogen-bond acceptors (Lipinski definition) is 2. The van der Waals surface area contributed by atoms with E-state index < -0.39 is 0 Å². The van der Waals surface area contributed by atoms with Crippen molar-refractivity contribution in [1.82, 2.24) is 4.57 Å². The number of aryl methyl sites for hydroxylation is 1. The van der Waals surface area contributed by atoms with Gasteiger partial charge in [0.2, 0.25) is 5.56 Å². The molecule has 1 aromatic rings. The molecule has 1 aromatic heterocycles. The zero-order valence-electron chi connectivity index (χ0n) is 7.16. The van der Waals surface area contributed by atoms with E-state index in [-0.39, 0.29) is 6.99 Å². The maximum absolute atomic E-state index is 10.7. The van der Waals surface area contributed by atoms with Gasteiger partial charge < -0.3 is 10.3 Å². The molecular weight excluding hydrogens is 140 g/mol. The van der Waals surface area contributed by atoms with Crippen LogP contribution in [-0.2, 0) is 7.05 Å². The van der Waals surface area contributed by atoms with Crippen LogP contribution in [0.5, 0.6) is 0 Å². The van der Waals surface area contributed by atoms with Gasteiger partial charge in [-0.05, 0) is 6.07 Å². The van der Waals surface area contributed by atoms with Crippen LogP contribution < -0.4 is 11.3 Å². The molecule has 64 valence electrons. The highest BCUT2D eigenvalue weighted by molar-refractivity contribution is 5.33. The summed E-state index contributed by atoms with van der Waals surface area (Å²) in [7, 11) is 1.67. The first kappa shape index (κ1) is 9.75. The fraction of sp³-hybridized carbons (Fsp3) is 0.375. The van der Waals surface area contributed by atoms with Crippen LogP contribution in [0.4, 0.5) is 5.69 Å². The van der Waals surface area contributed by atoms with Crippen LogP contribution in [-0.4, -0.2) is 4.57 Å². The highest BCUT2D eigenvalue weighted by atomic mass is 16.1. The summed E-state index contributed by atoms with van der Waals surface area (Å²) >= 11 is 0. The lowest BCUT2D eigenvalue weighted by molar-refractivity contribution is 0.863. The fourth-order valence-electron chi connectivity index (χ4n) is 0.615. The molecule has 2 N–H and O–H groups in total. The van der Waals surface area contributed by atoms with Crippen LogP contribution in [0.3, 0.4) is 0 Å². The zero-order valence-corrected chi connectivity index (χ0v) is 7.16. The molecule has 1 heterocycles. The minimum atomic E-state index is -0.0378. The molecule has 0 bridgehead atoms. The van der Waals surface area contributed by atoms with Gasteiger partial charge in [-0.2, -0.15) is 0 Å². The molecule has 0 spiro atoms. The van der Waals surface area contributed by atoms with Crippen molar-refractivity contribution in [2.45, 2.75) is 13.8 Å². The first-order valence-corrected chi connectivity index (χ1v) is 3.62. The van der Waals surface area contributed by atoms with E-state index in [1.165, 1.54) is 10.6 Å². The van der Waals surface area contributed by atoms with Gasteiger partial charge in [-0.3, -0.25) is 4.79 Å². The summed E-state index contributed by atoms with van der Waals surface area (Å²) in [5, 5.41) is 0. The third-order valence-corrected chi connectivity index (χ3v) is 1.11. The van der Waals surface area contributed by atoms with Crippen molar-refractivity contribution >= 4 is 5.69 Å². The Bertz CT molecular complexity index is 270. The Kier molecular flexibility index (Phi) is 4.03. The third-order valence-electron chi connectivity index (χ3n) is 1.11. The Morgan fingerprint density at radius 1 is 1.45 bits per heavy atom. The van der Waals surface area contributed by atoms with E-state index in [1.54, 1.807) is 19.3 Å². The summed E-state index contributed by atoms with van der Waals surface area (Å²) in [6.45, 7) is 4.00. The number of rotatable bonds is 0. The number of aromatic nitrogens is 1. The second-order valence-electron chi connectivity index (χ2n) is 1.91. The molecule has 0 saturated carbocycles. The maximum atomic E-state index is 10.7. The normalized spacial score (nSPS) is 8.27. The largest absolute Gasteiger partial charge is 0.398 e. The minimum Gasteiger partial charge on any atom is -0.398 e. The molecule has 0 aromatic carbocycles. The molecule has 0 amide bonds. The van der Waals surface area contributed by atoms with Gasteiger partial charge in [0.05, 0.1) is 0 Å². The number of hydrogen-bond donors (Lipinski definition) is 1. The van der Waals surface area contributed by atoms with Crippen molar-refractivity contribution in [3.05, 3.63) is 28.7 Å². The average molecular weight is 156 g/mol. The molecule has 0 aliphatic heterocycles. The molecule has 3 heteroatoms. The lowest BCUT2D eigenvalue weighted by Crippen LogP contribution is -2.14. The van der Waals surface area contributed by atoms with Crippen molar-refractivity contribution < 1.29 is 1.43 Å². The number of anilines is 1. The Balaban J connectivity index is 0. The van der Waals surface area contributed by atoms with E-state index in [1.807, 2.05) is 13.8 Å². The average Bonchev–Trinajstić information content (AvgIpc) is 2.02. The monoisotopic (exact) mass is 156 g/mol. The molecule has 11 heavy (non-hydrogen) atoms. The minimum absolute atomic E-state index is 0. The zero-order chi connectivity index (χ0) is 8.85. The number of nitrogens with two attached hydrogens (primary N) is 1. The van der Waals surface area contributed by atoms with Crippen molar-refractivity contribution in [2.24, 2.45) is 7.05 Å². The third kappa shape index (κ3) is 2.89. The number of nitrogen functional groups attached to an aromatic ring is 1. The van der Waals surface area contributed by atoms with Gasteiger partial charge >= 0.3 is 0 Å². The summed E-state index contributed by atoms with van der Waals surface area (Å²) < 4.78 is 1.44. The highest BCUT2D eigenvalue weighted by Gasteiger charge is 1.86. The molecule has 0 atom stereocenters. The Hall–Kier alpha value is -1.25. The molecule has 0 aliphatic rings. The molecule has 0 radical (unpaired) electrons. The predicted octanol–water partition coefficient (Wildman–Crippen LogP) is 1.24. The highest BCUT2D eigenvalue weighted by Crippen LogP contribution is 1.92. The Morgan fingerprint density at radius 2 is 2.00 bits per heavy atom. The summed E-state index contributed by atoms with van der Waals surface area (Å²) in [5.74, 6) is 0. The van der Waals surface area contributed by atoms with Gasteiger partial charge in [-0.1, -0.05) is 13.8 Å². The fourth-order valence-corrected chi connectivity index (χ4v) is 0.615. The predicted molar refractivity (Wildman–Crippen MR) is 49.6 cm³/mol. The van der Waals surface area contributed by atoms with E-state index >= 15 is 0 Å². The van der Waals surface area contributed by atoms with Crippen molar-refractivity contribution in [1.29, 1.82) is 0 Å². The van der Waals surface area contributed by atoms with E-state index in [0.29, 0.717) is 5.69 Å². The molecule has 3 nitrogen and oxygen atoms in total. The van der Waals surface area contributed by atoms with Gasteiger partial charge in [0.1, 0.15) is 0 Å². The van der Waals surface area contributed by atoms with Crippen molar-refractivity contribution in [3.8, 4) is 0 Å². The van der Waals surface area contributed by atoms with Gasteiger partial charge in [0.15, 0.2) is 0 Å². The number of pyridine rings is 1. The van der Waals surface area contributed by atoms with Gasteiger partial charge in [0, 0.05) is 26.4 Å². The van der Waals surface area contributed by atoms with Gasteiger partial charge in [-0.15, -0.1) is 0 Å². The summed E-state index contributed by atoms with van der Waals surface area (Å²) in [5.41, 5.74) is 5.94.